The Morgan fingerprint density at radius 3 is 1.06 bits per heavy atom. The van der Waals surface area contributed by atoms with Gasteiger partial charge in [-0.25, -0.2) is 9.13 Å². The molecule has 3 heterocycles. The van der Waals surface area contributed by atoms with Crippen LogP contribution in [0.25, 0.3) is 0 Å². The number of rotatable bonds is 11. The molecule has 12 heteroatoms. The Morgan fingerprint density at radius 1 is 0.542 bits per heavy atom. The van der Waals surface area contributed by atoms with Gasteiger partial charge in [-0.05, 0) is 154 Å². The summed E-state index contributed by atoms with van der Waals surface area (Å²) in [5, 5.41) is 0. The number of anilines is 1. The highest BCUT2D eigenvalue weighted by Gasteiger charge is 2.62. The highest BCUT2D eigenvalue weighted by Crippen LogP contribution is 2.71. The second kappa shape index (κ2) is 14.3. The van der Waals surface area contributed by atoms with Gasteiger partial charge in [-0.3, -0.25) is 0 Å². The summed E-state index contributed by atoms with van der Waals surface area (Å²) in [6.45, 7) is 47.5. The van der Waals surface area contributed by atoms with Crippen molar-refractivity contribution < 1.29 is 4.57 Å². The van der Waals surface area contributed by atoms with E-state index in [1.807, 2.05) is 0 Å². The lowest BCUT2D eigenvalue weighted by atomic mass is 10.3. The largest absolute Gasteiger partial charge is 0.490 e. The van der Waals surface area contributed by atoms with Gasteiger partial charge in [0.15, 0.2) is 11.2 Å². The number of nitrogens with zero attached hydrogens (tertiary/aromatic N) is 9. The molecule has 3 rings (SSSR count). The first-order chi connectivity index (χ1) is 21.8. The molecule has 0 aliphatic rings. The minimum absolute atomic E-state index is 0.196. The van der Waals surface area contributed by atoms with Crippen molar-refractivity contribution in [1.29, 1.82) is 0 Å². The lowest BCUT2D eigenvalue weighted by molar-refractivity contribution is -0.708. The number of hydrogen-bond acceptors (Lipinski definition) is 3. The predicted molar refractivity (Wildman–Crippen MR) is 210 cm³/mol. The van der Waals surface area contributed by atoms with Crippen LogP contribution in [0.1, 0.15) is 153 Å². The zero-order chi connectivity index (χ0) is 37.1. The SMILES string of the molecule is Cc1c(C)[n+](C(C)C)c(N([Si](C)(C)C)[P+](Cl)(N=c2n(C(C)C)c(C)c(C)n2C(C)C)N=c2n(C(C)C)c(C)c(C)n2C(C)C)n1C(C)C. The lowest BCUT2D eigenvalue weighted by Gasteiger charge is -2.30. The van der Waals surface area contributed by atoms with Gasteiger partial charge < -0.3 is 18.3 Å². The molecular weight excluding hydrogens is 653 g/mol. The lowest BCUT2D eigenvalue weighted by Crippen LogP contribution is -2.53. The first-order valence-electron chi connectivity index (χ1n) is 18.1. The Hall–Kier alpha value is -2.03. The van der Waals surface area contributed by atoms with Gasteiger partial charge in [-0.1, -0.05) is 0 Å². The average Bonchev–Trinajstić information content (AvgIpc) is 3.41. The number of imidazole rings is 3. The fraction of sp³-hybridized carbons (Fsp3) is 0.750. The monoisotopic (exact) mass is 721 g/mol. The molecule has 9 nitrogen and oxygen atoms in total. The second-order valence-electron chi connectivity index (χ2n) is 16.4. The van der Waals surface area contributed by atoms with Gasteiger partial charge in [0, 0.05) is 46.9 Å². The van der Waals surface area contributed by atoms with Crippen LogP contribution in [0.2, 0.25) is 19.6 Å². The van der Waals surface area contributed by atoms with Crippen molar-refractivity contribution in [1.82, 2.24) is 22.8 Å². The van der Waals surface area contributed by atoms with Gasteiger partial charge in [-0.2, -0.15) is 0 Å². The zero-order valence-corrected chi connectivity index (χ0v) is 37.0. The van der Waals surface area contributed by atoms with Crippen LogP contribution in [-0.4, -0.2) is 31.1 Å². The van der Waals surface area contributed by atoms with Crippen molar-refractivity contribution in [2.75, 3.05) is 4.34 Å². The van der Waals surface area contributed by atoms with Gasteiger partial charge >= 0.3 is 13.0 Å². The van der Waals surface area contributed by atoms with Crippen LogP contribution in [0.15, 0.2) is 9.53 Å². The molecule has 0 radical (unpaired) electrons. The van der Waals surface area contributed by atoms with E-state index >= 15 is 0 Å². The third kappa shape index (κ3) is 6.96. The smallest absolute Gasteiger partial charge is 0.309 e. The third-order valence-corrected chi connectivity index (χ3v) is 16.6. The van der Waals surface area contributed by atoms with E-state index in [9.17, 15) is 0 Å². The van der Waals surface area contributed by atoms with E-state index < -0.39 is 15.3 Å². The van der Waals surface area contributed by atoms with Crippen LogP contribution in [-0.2, 0) is 0 Å². The maximum Gasteiger partial charge on any atom is 0.490 e. The predicted octanol–water partition coefficient (Wildman–Crippen LogP) is 10.1. The maximum atomic E-state index is 8.50. The first kappa shape index (κ1) is 40.4. The number of halogens is 1. The highest BCUT2D eigenvalue weighted by molar-refractivity contribution is 7.99. The summed E-state index contributed by atoms with van der Waals surface area (Å²) in [5.41, 5.74) is 9.14. The van der Waals surface area contributed by atoms with Crippen LogP contribution in [0.3, 0.4) is 0 Å². The summed E-state index contributed by atoms with van der Waals surface area (Å²) in [6, 6.07) is 1.22. The Labute approximate surface area is 298 Å². The van der Waals surface area contributed by atoms with E-state index in [-0.39, 0.29) is 36.3 Å². The molecule has 272 valence electrons. The van der Waals surface area contributed by atoms with E-state index in [0.717, 1.165) is 17.2 Å². The molecule has 3 aromatic heterocycles. The topological polar surface area (TPSA) is 56.5 Å². The summed E-state index contributed by atoms with van der Waals surface area (Å²) in [5.74, 6) is 1.12. The molecule has 3 aromatic rings. The molecular formula is C36H69ClN9PSi+2. The quantitative estimate of drug-likeness (QED) is 0.110. The Balaban J connectivity index is 2.88. The summed E-state index contributed by atoms with van der Waals surface area (Å²) >= 11 is 8.50. The number of hydrogen-bond donors (Lipinski definition) is 0. The van der Waals surface area contributed by atoms with Crippen molar-refractivity contribution in [2.24, 2.45) is 9.53 Å². The summed E-state index contributed by atoms with van der Waals surface area (Å²) in [6.07, 6.45) is 0. The highest BCUT2D eigenvalue weighted by atomic mass is 35.7. The van der Waals surface area contributed by atoms with Crippen LogP contribution in [0.4, 0.5) is 5.95 Å². The van der Waals surface area contributed by atoms with Crippen molar-refractivity contribution in [3.8, 4) is 0 Å². The minimum atomic E-state index is -3.29. The van der Waals surface area contributed by atoms with E-state index in [0.29, 0.717) is 0 Å². The van der Waals surface area contributed by atoms with Gasteiger partial charge in [0.05, 0.1) is 12.1 Å². The fourth-order valence-electron chi connectivity index (χ4n) is 7.54. The molecule has 0 saturated heterocycles. The van der Waals surface area contributed by atoms with Crippen molar-refractivity contribution in [2.45, 2.75) is 181 Å². The van der Waals surface area contributed by atoms with Crippen molar-refractivity contribution in [3.05, 3.63) is 45.4 Å². The molecule has 0 saturated carbocycles. The summed E-state index contributed by atoms with van der Waals surface area (Å²) in [4.78, 5) is 0. The van der Waals surface area contributed by atoms with Gasteiger partial charge in [0.25, 0.3) is 19.5 Å². The molecule has 0 aliphatic heterocycles. The van der Waals surface area contributed by atoms with E-state index in [2.05, 4.69) is 176 Å². The van der Waals surface area contributed by atoms with E-state index in [1.165, 1.54) is 34.2 Å². The van der Waals surface area contributed by atoms with Crippen LogP contribution >= 0.6 is 18.3 Å². The fourth-order valence-corrected chi connectivity index (χ4v) is 15.8. The first-order valence-corrected chi connectivity index (χ1v) is 24.1. The second-order valence-corrected chi connectivity index (χ2v) is 24.7. The maximum absolute atomic E-state index is 8.50. The van der Waals surface area contributed by atoms with E-state index in [1.54, 1.807) is 0 Å². The van der Waals surface area contributed by atoms with Crippen molar-refractivity contribution >= 4 is 32.5 Å². The third-order valence-electron chi connectivity index (χ3n) is 9.64. The Kier molecular flexibility index (Phi) is 12.0. The Bertz CT molecular complexity index is 1590. The summed E-state index contributed by atoms with van der Waals surface area (Å²) in [7, 11) is -5.64. The molecule has 0 aromatic carbocycles. The standard InChI is InChI=1S/C36H69ClN9PSi/c1-22(2)40-28(13)29(14)41(23(3)4)34(40)38-47(37,39-35-42(24(5)6)30(15)31(16)43(35)25(7)8)46(48(19,20)21)36-44(26(9)10)32(17)33(18)45(36)27(11)12/h22-27H,1-21H3/q+2. The molecule has 0 spiro atoms. The molecule has 48 heavy (non-hydrogen) atoms. The van der Waals surface area contributed by atoms with Gasteiger partial charge in [-0.15, -0.1) is 4.34 Å². The molecule has 0 N–H and O–H groups in total. The summed E-state index contributed by atoms with van der Waals surface area (Å²) < 4.78 is 28.7. The number of aromatic nitrogens is 6. The normalized spacial score (nSPS) is 13.1. The molecule has 0 aliphatic carbocycles. The zero-order valence-electron chi connectivity index (χ0n) is 34.3. The van der Waals surface area contributed by atoms with Gasteiger partial charge in [0.1, 0.15) is 11.4 Å². The van der Waals surface area contributed by atoms with Crippen LogP contribution in [0.5, 0.6) is 0 Å². The molecule has 0 atom stereocenters. The van der Waals surface area contributed by atoms with Gasteiger partial charge in [0.2, 0.25) is 0 Å². The van der Waals surface area contributed by atoms with Crippen LogP contribution in [0, 0.1) is 41.5 Å². The van der Waals surface area contributed by atoms with Crippen molar-refractivity contribution in [3.63, 3.8) is 0 Å². The molecule has 0 bridgehead atoms. The van der Waals surface area contributed by atoms with Crippen LogP contribution < -0.4 is 20.1 Å². The molecule has 0 unspecified atom stereocenters. The van der Waals surface area contributed by atoms with E-state index in [4.69, 9.17) is 20.8 Å². The Morgan fingerprint density at radius 2 is 0.833 bits per heavy atom. The molecule has 0 fully saturated rings. The molecule has 0 amide bonds. The average molecular weight is 723 g/mol. The minimum Gasteiger partial charge on any atom is -0.309 e.